The van der Waals surface area contributed by atoms with Gasteiger partial charge in [-0.15, -0.1) is 0 Å². The predicted molar refractivity (Wildman–Crippen MR) is 107 cm³/mol. The summed E-state index contributed by atoms with van der Waals surface area (Å²) in [4.78, 5) is 13.2. The van der Waals surface area contributed by atoms with Gasteiger partial charge in [0, 0.05) is 34.1 Å². The number of carbonyl (C=O) groups is 1. The molecule has 0 saturated heterocycles. The first-order valence-corrected chi connectivity index (χ1v) is 8.57. The normalized spacial score (nSPS) is 14.6. The quantitative estimate of drug-likeness (QED) is 0.559. The smallest absolute Gasteiger partial charge is 0.185 e. The Morgan fingerprint density at radius 2 is 1.80 bits per heavy atom. The van der Waals surface area contributed by atoms with Crippen molar-refractivity contribution in [1.82, 2.24) is 0 Å². The lowest BCUT2D eigenvalue weighted by Crippen LogP contribution is -2.13. The van der Waals surface area contributed by atoms with Crippen molar-refractivity contribution in [3.05, 3.63) is 53.1 Å². The molecule has 3 nitrogen and oxygen atoms in total. The number of rotatable bonds is 5. The SMILES string of the molecule is COc1cc(OC)c(C(C)(C)C)cc1C=CC(=O)C1=CCC(=S)C=C1. The minimum atomic E-state index is -0.0887. The molecule has 0 atom stereocenters. The van der Waals surface area contributed by atoms with Crippen molar-refractivity contribution >= 4 is 28.9 Å². The van der Waals surface area contributed by atoms with Gasteiger partial charge in [-0.05, 0) is 29.7 Å². The van der Waals surface area contributed by atoms with Crippen LogP contribution in [0.4, 0.5) is 0 Å². The third kappa shape index (κ3) is 4.67. The molecule has 0 spiro atoms. The predicted octanol–water partition coefficient (Wildman–Crippen LogP) is 4.84. The van der Waals surface area contributed by atoms with Gasteiger partial charge in [-0.3, -0.25) is 4.79 Å². The Balaban J connectivity index is 2.36. The number of carbonyl (C=O) groups excluding carboxylic acids is 1. The van der Waals surface area contributed by atoms with Crippen LogP contribution in [0.25, 0.3) is 6.08 Å². The highest BCUT2D eigenvalue weighted by atomic mass is 32.1. The number of hydrogen-bond donors (Lipinski definition) is 0. The van der Waals surface area contributed by atoms with Crippen molar-refractivity contribution < 1.29 is 14.3 Å². The number of benzene rings is 1. The fourth-order valence-electron chi connectivity index (χ4n) is 2.61. The summed E-state index contributed by atoms with van der Waals surface area (Å²) in [5, 5.41) is 0. The average Bonchev–Trinajstić information content (AvgIpc) is 2.58. The van der Waals surface area contributed by atoms with Crippen molar-refractivity contribution in [2.24, 2.45) is 0 Å². The fraction of sp³-hybridized carbons (Fsp3) is 0.333. The van der Waals surface area contributed by atoms with Crippen molar-refractivity contribution in [1.29, 1.82) is 0 Å². The number of allylic oxidation sites excluding steroid dienone is 5. The van der Waals surface area contributed by atoms with Gasteiger partial charge in [0.25, 0.3) is 0 Å². The molecule has 0 heterocycles. The van der Waals surface area contributed by atoms with E-state index in [1.165, 1.54) is 0 Å². The van der Waals surface area contributed by atoms with Gasteiger partial charge in [0.1, 0.15) is 11.5 Å². The fourth-order valence-corrected chi connectivity index (χ4v) is 2.77. The largest absolute Gasteiger partial charge is 0.496 e. The van der Waals surface area contributed by atoms with Gasteiger partial charge in [-0.25, -0.2) is 0 Å². The molecule has 4 heteroatoms. The third-order valence-corrected chi connectivity index (χ3v) is 4.33. The maximum atomic E-state index is 12.4. The second-order valence-electron chi connectivity index (χ2n) is 6.91. The monoisotopic (exact) mass is 356 g/mol. The van der Waals surface area contributed by atoms with Crippen LogP contribution >= 0.6 is 12.2 Å². The zero-order valence-electron chi connectivity index (χ0n) is 15.4. The Morgan fingerprint density at radius 1 is 1.12 bits per heavy atom. The van der Waals surface area contributed by atoms with Crippen molar-refractivity contribution in [2.45, 2.75) is 32.6 Å². The molecular formula is C21H24O3S. The summed E-state index contributed by atoms with van der Waals surface area (Å²) >= 11 is 5.10. The number of ketones is 1. The number of methoxy groups -OCH3 is 2. The summed E-state index contributed by atoms with van der Waals surface area (Å²) in [5.41, 5.74) is 2.48. The molecule has 0 N–H and O–H groups in total. The number of hydrogen-bond acceptors (Lipinski definition) is 4. The van der Waals surface area contributed by atoms with Crippen LogP contribution in [0.1, 0.15) is 38.3 Å². The van der Waals surface area contributed by atoms with Gasteiger partial charge in [0.05, 0.1) is 14.2 Å². The Hall–Kier alpha value is -2.20. The van der Waals surface area contributed by atoms with E-state index in [-0.39, 0.29) is 11.2 Å². The highest BCUT2D eigenvalue weighted by molar-refractivity contribution is 7.80. The summed E-state index contributed by atoms with van der Waals surface area (Å²) in [6, 6.07) is 3.88. The lowest BCUT2D eigenvalue weighted by atomic mass is 9.85. The first-order valence-electron chi connectivity index (χ1n) is 8.16. The van der Waals surface area contributed by atoms with Crippen molar-refractivity contribution in [3.8, 4) is 11.5 Å². The van der Waals surface area contributed by atoms with Crippen LogP contribution in [-0.4, -0.2) is 24.9 Å². The Bertz CT molecular complexity index is 777. The molecule has 2 rings (SSSR count). The first-order chi connectivity index (χ1) is 11.8. The van der Waals surface area contributed by atoms with Gasteiger partial charge >= 0.3 is 0 Å². The van der Waals surface area contributed by atoms with Gasteiger partial charge < -0.3 is 9.47 Å². The van der Waals surface area contributed by atoms with E-state index in [1.807, 2.05) is 24.3 Å². The molecular weight excluding hydrogens is 332 g/mol. The second kappa shape index (κ2) is 7.79. The number of ether oxygens (including phenoxy) is 2. The average molecular weight is 356 g/mol. The third-order valence-electron chi connectivity index (χ3n) is 4.03. The molecule has 0 aromatic heterocycles. The second-order valence-corrected chi connectivity index (χ2v) is 7.43. The summed E-state index contributed by atoms with van der Waals surface area (Å²) in [7, 11) is 3.26. The molecule has 25 heavy (non-hydrogen) atoms. The van der Waals surface area contributed by atoms with Crippen LogP contribution in [0, 0.1) is 0 Å². The van der Waals surface area contributed by atoms with Crippen LogP contribution in [0.15, 0.2) is 42.0 Å². The van der Waals surface area contributed by atoms with Crippen LogP contribution in [0.3, 0.4) is 0 Å². The minimum Gasteiger partial charge on any atom is -0.496 e. The minimum absolute atomic E-state index is 0.0473. The first kappa shape index (κ1) is 19.1. The van der Waals surface area contributed by atoms with E-state index in [1.54, 1.807) is 32.4 Å². The Kier molecular flexibility index (Phi) is 5.96. The van der Waals surface area contributed by atoms with E-state index in [2.05, 4.69) is 20.8 Å². The molecule has 1 aromatic rings. The zero-order valence-corrected chi connectivity index (χ0v) is 16.2. The van der Waals surface area contributed by atoms with Crippen LogP contribution in [-0.2, 0) is 10.2 Å². The lowest BCUT2D eigenvalue weighted by molar-refractivity contribution is -0.111. The molecule has 0 saturated carbocycles. The van der Waals surface area contributed by atoms with E-state index >= 15 is 0 Å². The van der Waals surface area contributed by atoms with E-state index in [0.717, 1.165) is 21.7 Å². The van der Waals surface area contributed by atoms with Crippen molar-refractivity contribution in [3.63, 3.8) is 0 Å². The van der Waals surface area contributed by atoms with Crippen LogP contribution in [0.5, 0.6) is 11.5 Å². The lowest BCUT2D eigenvalue weighted by Gasteiger charge is -2.23. The molecule has 1 aliphatic rings. The Morgan fingerprint density at radius 3 is 2.32 bits per heavy atom. The highest BCUT2D eigenvalue weighted by Gasteiger charge is 2.21. The highest BCUT2D eigenvalue weighted by Crippen LogP contribution is 2.37. The van der Waals surface area contributed by atoms with E-state index in [0.29, 0.717) is 17.7 Å². The topological polar surface area (TPSA) is 35.5 Å². The van der Waals surface area contributed by atoms with Crippen LogP contribution < -0.4 is 9.47 Å². The van der Waals surface area contributed by atoms with E-state index in [4.69, 9.17) is 21.7 Å². The molecule has 0 amide bonds. The van der Waals surface area contributed by atoms with Crippen LogP contribution in [0.2, 0.25) is 0 Å². The molecule has 0 fully saturated rings. The number of thiocarbonyl (C=S) groups is 1. The summed E-state index contributed by atoms with van der Waals surface area (Å²) < 4.78 is 11.0. The maximum Gasteiger partial charge on any atom is 0.185 e. The molecule has 1 aromatic carbocycles. The van der Waals surface area contributed by atoms with Gasteiger partial charge in [-0.2, -0.15) is 0 Å². The summed E-state index contributed by atoms with van der Waals surface area (Å²) in [6.45, 7) is 6.36. The van der Waals surface area contributed by atoms with Crippen molar-refractivity contribution in [2.75, 3.05) is 14.2 Å². The summed E-state index contributed by atoms with van der Waals surface area (Å²) in [5.74, 6) is 1.40. The van der Waals surface area contributed by atoms with Gasteiger partial charge in [-0.1, -0.05) is 45.1 Å². The standard InChI is InChI=1S/C21H24O3S/c1-21(2,3)17-12-15(19(23-4)13-20(17)24-5)8-11-18(22)14-6-9-16(25)10-7-14/h6-9,11-13H,10H2,1-5H3. The molecule has 0 unspecified atom stereocenters. The molecule has 0 aliphatic heterocycles. The molecule has 0 radical (unpaired) electrons. The Labute approximate surface area is 155 Å². The summed E-state index contributed by atoms with van der Waals surface area (Å²) in [6.07, 6.45) is 9.44. The molecule has 1 aliphatic carbocycles. The van der Waals surface area contributed by atoms with E-state index < -0.39 is 0 Å². The maximum absolute atomic E-state index is 12.4. The van der Waals surface area contributed by atoms with E-state index in [9.17, 15) is 4.79 Å². The molecule has 132 valence electrons. The van der Waals surface area contributed by atoms with Gasteiger partial charge in [0.15, 0.2) is 5.78 Å². The zero-order chi connectivity index (χ0) is 18.6. The van der Waals surface area contributed by atoms with Gasteiger partial charge in [0.2, 0.25) is 0 Å². The molecule has 0 bridgehead atoms.